The number of carbonyl (C=O) groups is 1. The van der Waals surface area contributed by atoms with Gasteiger partial charge in [0.05, 0.1) is 24.3 Å². The molecule has 4 nitrogen and oxygen atoms in total. The molecule has 4 rings (SSSR count). The maximum atomic E-state index is 13.7. The van der Waals surface area contributed by atoms with E-state index in [0.29, 0.717) is 5.02 Å². The number of nitrogens with zero attached hydrogens (tertiary/aromatic N) is 2. The molecule has 0 bridgehead atoms. The molecule has 2 heterocycles. The Labute approximate surface area is 182 Å². The predicted molar refractivity (Wildman–Crippen MR) is 115 cm³/mol. The van der Waals surface area contributed by atoms with E-state index in [-0.39, 0.29) is 5.78 Å². The third-order valence-corrected chi connectivity index (χ3v) is 6.57. The zero-order valence-corrected chi connectivity index (χ0v) is 17.9. The average Bonchev–Trinajstić information content (AvgIpc) is 3.03. The van der Waals surface area contributed by atoms with E-state index >= 15 is 0 Å². The van der Waals surface area contributed by atoms with Crippen LogP contribution in [0.3, 0.4) is 0 Å². The Morgan fingerprint density at radius 3 is 2.43 bits per heavy atom. The van der Waals surface area contributed by atoms with Crippen LogP contribution in [0.1, 0.15) is 49.4 Å². The van der Waals surface area contributed by atoms with Crippen LogP contribution in [-0.2, 0) is 4.79 Å². The highest BCUT2D eigenvalue weighted by molar-refractivity contribution is 6.30. The molecule has 0 radical (unpaired) electrons. The maximum Gasteiger partial charge on any atom is 0.212 e. The van der Waals surface area contributed by atoms with Gasteiger partial charge in [0.25, 0.3) is 0 Å². The zero-order chi connectivity index (χ0) is 21.7. The Balaban J connectivity index is 2.03. The summed E-state index contributed by atoms with van der Waals surface area (Å²) in [6.07, 6.45) is 3.94. The number of halogens is 1. The van der Waals surface area contributed by atoms with Gasteiger partial charge < -0.3 is 0 Å². The Kier molecular flexibility index (Phi) is 4.82. The summed E-state index contributed by atoms with van der Waals surface area (Å²) < 4.78 is 0. The number of nitrogens with one attached hydrogen (secondary N) is 1. The van der Waals surface area contributed by atoms with Gasteiger partial charge in [-0.3, -0.25) is 9.69 Å². The standard InChI is InChI=1S/C25H22ClN3O/c1-24(2,3)23(30)21-20(17-8-6-9-18(26)13-17)25(14-27,15-28)22-19-10-5-4-7-16(19)11-12-29(21)22/h4-13,20-22H,1-3H3/p+1/t20-,21+,22-/m0/s1. The molecule has 150 valence electrons. The van der Waals surface area contributed by atoms with Gasteiger partial charge in [0.15, 0.2) is 17.9 Å². The number of rotatable bonds is 2. The van der Waals surface area contributed by atoms with Crippen molar-refractivity contribution in [3.05, 3.63) is 76.4 Å². The summed E-state index contributed by atoms with van der Waals surface area (Å²) in [7, 11) is 0. The van der Waals surface area contributed by atoms with Crippen LogP contribution in [0, 0.1) is 33.5 Å². The molecule has 2 aromatic carbocycles. The second kappa shape index (κ2) is 7.10. The van der Waals surface area contributed by atoms with Crippen LogP contribution in [0.5, 0.6) is 0 Å². The quantitative estimate of drug-likeness (QED) is 0.802. The largest absolute Gasteiger partial charge is 0.292 e. The van der Waals surface area contributed by atoms with Gasteiger partial charge in [0.1, 0.15) is 0 Å². The maximum absolute atomic E-state index is 13.7. The van der Waals surface area contributed by atoms with Crippen molar-refractivity contribution >= 4 is 23.5 Å². The smallest absolute Gasteiger partial charge is 0.212 e. The zero-order valence-electron chi connectivity index (χ0n) is 17.2. The van der Waals surface area contributed by atoms with E-state index < -0.39 is 28.8 Å². The number of nitriles is 2. The van der Waals surface area contributed by atoms with Gasteiger partial charge in [-0.15, -0.1) is 0 Å². The van der Waals surface area contributed by atoms with E-state index in [9.17, 15) is 15.3 Å². The molecule has 2 aliphatic heterocycles. The number of hydrogen-bond donors (Lipinski definition) is 1. The minimum Gasteiger partial charge on any atom is -0.292 e. The predicted octanol–water partition coefficient (Wildman–Crippen LogP) is 4.07. The molecule has 4 atom stereocenters. The van der Waals surface area contributed by atoms with Crippen LogP contribution in [0.25, 0.3) is 6.08 Å². The molecular weight excluding hydrogens is 394 g/mol. The molecule has 0 amide bonds. The molecule has 1 unspecified atom stereocenters. The summed E-state index contributed by atoms with van der Waals surface area (Å²) in [5.41, 5.74) is 0.627. The number of fused-ring (bicyclic) bond motifs is 3. The molecular formula is C25H23ClN3O+. The Morgan fingerprint density at radius 1 is 1.10 bits per heavy atom. The highest BCUT2D eigenvalue weighted by Gasteiger charge is 2.68. The van der Waals surface area contributed by atoms with Gasteiger partial charge in [0.2, 0.25) is 5.41 Å². The van der Waals surface area contributed by atoms with Crippen molar-refractivity contribution in [3.8, 4) is 12.1 Å². The lowest BCUT2D eigenvalue weighted by molar-refractivity contribution is -0.885. The molecule has 5 heteroatoms. The fourth-order valence-corrected chi connectivity index (χ4v) is 5.23. The van der Waals surface area contributed by atoms with E-state index in [4.69, 9.17) is 11.6 Å². The Bertz CT molecular complexity index is 1120. The first-order valence-electron chi connectivity index (χ1n) is 10.0. The first kappa shape index (κ1) is 20.4. The molecule has 0 aromatic heterocycles. The number of hydrogen-bond acceptors (Lipinski definition) is 3. The minimum atomic E-state index is -1.41. The Hall–Kier alpha value is -2.92. The Morgan fingerprint density at radius 2 is 1.80 bits per heavy atom. The summed E-state index contributed by atoms with van der Waals surface area (Å²) in [5.74, 6) is -0.572. The number of Topliss-reactive ketones (excluding diaryl/α,β-unsaturated/α-hetero) is 1. The van der Waals surface area contributed by atoms with Crippen LogP contribution >= 0.6 is 11.6 Å². The van der Waals surface area contributed by atoms with Crippen LogP contribution in [0.2, 0.25) is 5.02 Å². The van der Waals surface area contributed by atoms with Crippen LogP contribution < -0.4 is 4.90 Å². The van der Waals surface area contributed by atoms with Crippen LogP contribution in [0.15, 0.2) is 54.7 Å². The molecule has 0 saturated carbocycles. The fraction of sp³-hybridized carbons (Fsp3) is 0.320. The summed E-state index contributed by atoms with van der Waals surface area (Å²) in [4.78, 5) is 14.6. The number of quaternary nitrogens is 1. The molecule has 1 saturated heterocycles. The first-order chi connectivity index (χ1) is 14.2. The third-order valence-electron chi connectivity index (χ3n) is 6.33. The summed E-state index contributed by atoms with van der Waals surface area (Å²) in [6, 6.07) is 18.7. The van der Waals surface area contributed by atoms with Crippen molar-refractivity contribution in [2.24, 2.45) is 10.8 Å². The van der Waals surface area contributed by atoms with Gasteiger partial charge in [-0.2, -0.15) is 10.5 Å². The highest BCUT2D eigenvalue weighted by atomic mass is 35.5. The van der Waals surface area contributed by atoms with Crippen molar-refractivity contribution in [1.29, 1.82) is 10.5 Å². The third kappa shape index (κ3) is 2.88. The molecule has 2 aromatic rings. The second-order valence-corrected chi connectivity index (χ2v) is 9.55. The molecule has 30 heavy (non-hydrogen) atoms. The van der Waals surface area contributed by atoms with Gasteiger partial charge >= 0.3 is 0 Å². The van der Waals surface area contributed by atoms with Crippen molar-refractivity contribution in [2.75, 3.05) is 0 Å². The van der Waals surface area contributed by atoms with Gasteiger partial charge in [-0.25, -0.2) is 0 Å². The number of carbonyl (C=O) groups excluding carboxylic acids is 1. The first-order valence-corrected chi connectivity index (χ1v) is 10.4. The van der Waals surface area contributed by atoms with Crippen LogP contribution in [-0.4, -0.2) is 11.8 Å². The lowest BCUT2D eigenvalue weighted by atomic mass is 9.66. The molecule has 0 aliphatic carbocycles. The summed E-state index contributed by atoms with van der Waals surface area (Å²) >= 11 is 6.28. The van der Waals surface area contributed by atoms with Crippen LogP contribution in [0.4, 0.5) is 0 Å². The van der Waals surface area contributed by atoms with Crippen molar-refractivity contribution in [3.63, 3.8) is 0 Å². The van der Waals surface area contributed by atoms with Crippen molar-refractivity contribution in [2.45, 2.75) is 38.8 Å². The highest BCUT2D eigenvalue weighted by Crippen LogP contribution is 2.52. The molecule has 1 fully saturated rings. The van der Waals surface area contributed by atoms with E-state index in [0.717, 1.165) is 21.6 Å². The normalized spacial score (nSPS) is 26.2. The van der Waals surface area contributed by atoms with E-state index in [1.165, 1.54) is 0 Å². The average molecular weight is 417 g/mol. The van der Waals surface area contributed by atoms with E-state index in [1.54, 1.807) is 12.1 Å². The summed E-state index contributed by atoms with van der Waals surface area (Å²) in [5, 5.41) is 21.4. The lowest BCUT2D eigenvalue weighted by Gasteiger charge is -2.31. The number of ketones is 1. The van der Waals surface area contributed by atoms with Crippen molar-refractivity contribution in [1.82, 2.24) is 0 Å². The summed E-state index contributed by atoms with van der Waals surface area (Å²) in [6.45, 7) is 5.66. The monoisotopic (exact) mass is 416 g/mol. The van der Waals surface area contributed by atoms with Gasteiger partial charge in [-0.1, -0.05) is 68.8 Å². The number of benzene rings is 2. The van der Waals surface area contributed by atoms with Crippen molar-refractivity contribution < 1.29 is 9.69 Å². The molecule has 0 spiro atoms. The topological polar surface area (TPSA) is 69.1 Å². The lowest BCUT2D eigenvalue weighted by Crippen LogP contribution is -3.12. The second-order valence-electron chi connectivity index (χ2n) is 9.11. The van der Waals surface area contributed by atoms with Gasteiger partial charge in [-0.05, 0) is 29.3 Å². The molecule has 1 N–H and O–H groups in total. The fourth-order valence-electron chi connectivity index (χ4n) is 5.03. The molecule has 2 aliphatic rings. The SMILES string of the molecule is CC(C)(C)C(=O)[C@H]1[C@H](c2cccc(Cl)c2)C(C#N)(C#N)[C@@H]2c3ccccc3C=C[NH+]21. The van der Waals surface area contributed by atoms with Gasteiger partial charge in [0, 0.05) is 16.0 Å². The minimum absolute atomic E-state index is 0.0314. The van der Waals surface area contributed by atoms with E-state index in [1.807, 2.05) is 69.4 Å². The van der Waals surface area contributed by atoms with E-state index in [2.05, 4.69) is 12.1 Å².